The van der Waals surface area contributed by atoms with Gasteiger partial charge >= 0.3 is 0 Å². The number of likely N-dealkylation sites (tertiary alicyclic amines) is 1. The van der Waals surface area contributed by atoms with Gasteiger partial charge in [0.1, 0.15) is 0 Å². The van der Waals surface area contributed by atoms with E-state index >= 15 is 0 Å². The molecule has 0 bridgehead atoms. The molecule has 0 N–H and O–H groups in total. The van der Waals surface area contributed by atoms with Crippen LogP contribution < -0.4 is 4.90 Å². The molecule has 136 valence electrons. The molecule has 25 heavy (non-hydrogen) atoms. The van der Waals surface area contributed by atoms with Crippen LogP contribution in [0.25, 0.3) is 0 Å². The Morgan fingerprint density at radius 2 is 2.00 bits per heavy atom. The number of aromatic nitrogens is 2. The van der Waals surface area contributed by atoms with E-state index in [1.807, 2.05) is 23.0 Å². The molecule has 2 amide bonds. The van der Waals surface area contributed by atoms with Crippen LogP contribution >= 0.6 is 0 Å². The minimum absolute atomic E-state index is 0.0649. The Hall–Kier alpha value is -1.85. The fourth-order valence-electron chi connectivity index (χ4n) is 4.84. The number of hydrogen-bond donors (Lipinski definition) is 0. The molecule has 6 nitrogen and oxygen atoms in total. The maximum Gasteiger partial charge on any atom is 0.227 e. The third-order valence-electron chi connectivity index (χ3n) is 6.44. The summed E-state index contributed by atoms with van der Waals surface area (Å²) in [5.41, 5.74) is 0.806. The second-order valence-corrected chi connectivity index (χ2v) is 8.50. The molecule has 1 aromatic rings. The van der Waals surface area contributed by atoms with Crippen LogP contribution in [0.4, 0.5) is 5.69 Å². The summed E-state index contributed by atoms with van der Waals surface area (Å²) in [6.45, 7) is 4.53. The molecule has 1 unspecified atom stereocenters. The molecule has 1 aromatic heterocycles. The maximum absolute atomic E-state index is 12.9. The topological polar surface area (TPSA) is 58.4 Å². The molecule has 3 aliphatic rings. The zero-order valence-corrected chi connectivity index (χ0v) is 15.3. The van der Waals surface area contributed by atoms with Gasteiger partial charge in [-0.25, -0.2) is 0 Å². The molecule has 0 radical (unpaired) electrons. The fourth-order valence-corrected chi connectivity index (χ4v) is 4.84. The molecule has 1 spiro atoms. The summed E-state index contributed by atoms with van der Waals surface area (Å²) in [7, 11) is 1.86. The van der Waals surface area contributed by atoms with Crippen LogP contribution in [0.1, 0.15) is 45.4 Å². The third-order valence-corrected chi connectivity index (χ3v) is 6.44. The fraction of sp³-hybridized carbons (Fsp3) is 0.737. The zero-order valence-electron chi connectivity index (χ0n) is 15.3. The van der Waals surface area contributed by atoms with Crippen LogP contribution in [0.5, 0.6) is 0 Å². The van der Waals surface area contributed by atoms with E-state index in [0.717, 1.165) is 44.0 Å². The lowest BCUT2D eigenvalue weighted by Gasteiger charge is -2.30. The third kappa shape index (κ3) is 3.07. The van der Waals surface area contributed by atoms with Crippen LogP contribution in [-0.4, -0.2) is 46.1 Å². The molecule has 4 rings (SSSR count). The number of amides is 2. The van der Waals surface area contributed by atoms with Gasteiger partial charge in [-0.1, -0.05) is 6.92 Å². The van der Waals surface area contributed by atoms with Crippen molar-refractivity contribution in [3.05, 3.63) is 12.4 Å². The van der Waals surface area contributed by atoms with Crippen LogP contribution in [0.3, 0.4) is 0 Å². The second-order valence-electron chi connectivity index (χ2n) is 8.50. The Kier molecular flexibility index (Phi) is 4.08. The first kappa shape index (κ1) is 16.6. The molecule has 2 saturated heterocycles. The van der Waals surface area contributed by atoms with Crippen LogP contribution in [0, 0.1) is 17.3 Å². The van der Waals surface area contributed by atoms with Crippen molar-refractivity contribution in [2.75, 3.05) is 24.5 Å². The summed E-state index contributed by atoms with van der Waals surface area (Å²) in [6, 6.07) is 0. The Morgan fingerprint density at radius 1 is 1.24 bits per heavy atom. The monoisotopic (exact) mass is 344 g/mol. The molecule has 6 heteroatoms. The number of anilines is 1. The van der Waals surface area contributed by atoms with Crippen molar-refractivity contribution in [3.63, 3.8) is 0 Å². The van der Waals surface area contributed by atoms with E-state index in [2.05, 4.69) is 12.0 Å². The number of carbonyl (C=O) groups is 2. The second kappa shape index (κ2) is 6.15. The first-order valence-corrected chi connectivity index (χ1v) is 9.54. The summed E-state index contributed by atoms with van der Waals surface area (Å²) < 4.78 is 1.72. The summed E-state index contributed by atoms with van der Waals surface area (Å²) >= 11 is 0. The Morgan fingerprint density at radius 3 is 2.68 bits per heavy atom. The summed E-state index contributed by atoms with van der Waals surface area (Å²) in [5.74, 6) is 1.46. The summed E-state index contributed by atoms with van der Waals surface area (Å²) in [5, 5.41) is 4.18. The Labute approximate surface area is 149 Å². The highest BCUT2D eigenvalue weighted by Crippen LogP contribution is 2.42. The highest BCUT2D eigenvalue weighted by atomic mass is 16.2. The smallest absolute Gasteiger partial charge is 0.227 e. The number of nitrogens with zero attached hydrogens (tertiary/aromatic N) is 4. The first-order valence-electron chi connectivity index (χ1n) is 9.54. The van der Waals surface area contributed by atoms with Gasteiger partial charge in [0.15, 0.2) is 0 Å². The van der Waals surface area contributed by atoms with Crippen molar-refractivity contribution < 1.29 is 9.59 Å². The largest absolute Gasteiger partial charge is 0.342 e. The molecule has 3 heterocycles. The highest BCUT2D eigenvalue weighted by Gasteiger charge is 2.49. The molecule has 2 aliphatic heterocycles. The number of carbonyl (C=O) groups excluding carboxylic acids is 2. The Bertz CT molecular complexity index is 677. The predicted molar refractivity (Wildman–Crippen MR) is 94.9 cm³/mol. The van der Waals surface area contributed by atoms with Gasteiger partial charge < -0.3 is 9.80 Å². The average Bonchev–Trinajstić information content (AvgIpc) is 3.27. The molecule has 1 aliphatic carbocycles. The molecule has 1 atom stereocenters. The Balaban J connectivity index is 1.41. The molecule has 3 fully saturated rings. The lowest BCUT2D eigenvalue weighted by Crippen LogP contribution is -2.38. The molecular weight excluding hydrogens is 316 g/mol. The van der Waals surface area contributed by atoms with E-state index < -0.39 is 0 Å². The maximum atomic E-state index is 12.9. The van der Waals surface area contributed by atoms with Crippen LogP contribution in [0.2, 0.25) is 0 Å². The normalized spacial score (nSPS) is 32.8. The summed E-state index contributed by atoms with van der Waals surface area (Å²) in [6.07, 6.45) is 9.52. The number of rotatable bonds is 2. The van der Waals surface area contributed by atoms with E-state index in [4.69, 9.17) is 0 Å². The van der Waals surface area contributed by atoms with Gasteiger partial charge in [0, 0.05) is 50.6 Å². The van der Waals surface area contributed by atoms with Crippen molar-refractivity contribution >= 4 is 17.5 Å². The van der Waals surface area contributed by atoms with Crippen molar-refractivity contribution in [2.24, 2.45) is 24.3 Å². The van der Waals surface area contributed by atoms with E-state index in [1.165, 1.54) is 12.8 Å². The van der Waals surface area contributed by atoms with Gasteiger partial charge in [-0.05, 0) is 38.0 Å². The minimum Gasteiger partial charge on any atom is -0.342 e. The van der Waals surface area contributed by atoms with Gasteiger partial charge in [0.2, 0.25) is 11.8 Å². The lowest BCUT2D eigenvalue weighted by molar-refractivity contribution is -0.136. The minimum atomic E-state index is -0.0649. The van der Waals surface area contributed by atoms with E-state index in [1.54, 1.807) is 10.9 Å². The van der Waals surface area contributed by atoms with Gasteiger partial charge in [-0.2, -0.15) is 5.10 Å². The van der Waals surface area contributed by atoms with Gasteiger partial charge in [0.05, 0.1) is 11.9 Å². The van der Waals surface area contributed by atoms with Gasteiger partial charge in [-0.3, -0.25) is 14.3 Å². The van der Waals surface area contributed by atoms with Crippen LogP contribution in [-0.2, 0) is 16.6 Å². The van der Waals surface area contributed by atoms with Gasteiger partial charge in [0.25, 0.3) is 0 Å². The van der Waals surface area contributed by atoms with E-state index in [0.29, 0.717) is 18.9 Å². The molecular formula is C19H28N4O2. The molecule has 1 saturated carbocycles. The summed E-state index contributed by atoms with van der Waals surface area (Å²) in [4.78, 5) is 29.3. The lowest BCUT2D eigenvalue weighted by atomic mass is 9.82. The first-order chi connectivity index (χ1) is 12.0. The van der Waals surface area contributed by atoms with Crippen molar-refractivity contribution in [2.45, 2.75) is 45.4 Å². The SMILES string of the molecule is CC1CCC(C(=O)N2CCC3(CC(=O)N(c4cnn(C)c4)C3)C2)CC1. The quantitative estimate of drug-likeness (QED) is 0.826. The van der Waals surface area contributed by atoms with E-state index in [9.17, 15) is 9.59 Å². The van der Waals surface area contributed by atoms with Crippen molar-refractivity contribution in [1.29, 1.82) is 0 Å². The standard InChI is InChI=1S/C19H28N4O2/c1-14-3-5-15(6-4-14)18(25)22-8-7-19(12-22)9-17(24)23(13-19)16-10-20-21(2)11-16/h10-11,14-15H,3-9,12-13H2,1-2H3. The van der Waals surface area contributed by atoms with Crippen molar-refractivity contribution in [1.82, 2.24) is 14.7 Å². The van der Waals surface area contributed by atoms with Crippen LogP contribution in [0.15, 0.2) is 12.4 Å². The van der Waals surface area contributed by atoms with Crippen molar-refractivity contribution in [3.8, 4) is 0 Å². The molecule has 0 aromatic carbocycles. The van der Waals surface area contributed by atoms with E-state index in [-0.39, 0.29) is 17.2 Å². The average molecular weight is 344 g/mol. The predicted octanol–water partition coefficient (Wildman–Crippen LogP) is 2.20. The van der Waals surface area contributed by atoms with Gasteiger partial charge in [-0.15, -0.1) is 0 Å². The zero-order chi connectivity index (χ0) is 17.6. The highest BCUT2D eigenvalue weighted by molar-refractivity contribution is 5.96. The number of aryl methyl sites for hydroxylation is 1. The number of hydrogen-bond acceptors (Lipinski definition) is 3.